The number of carbonyl (C=O) groups excluding carboxylic acids is 1. The number of rotatable bonds is 5. The van der Waals surface area contributed by atoms with Gasteiger partial charge in [0.25, 0.3) is 0 Å². The fourth-order valence-electron chi connectivity index (χ4n) is 1.79. The van der Waals surface area contributed by atoms with Gasteiger partial charge in [-0.25, -0.2) is 0 Å². The fraction of sp³-hybridized carbons (Fsp3) is 0.188. The quantitative estimate of drug-likeness (QED) is 0.911. The van der Waals surface area contributed by atoms with Crippen LogP contribution in [0.15, 0.2) is 53.0 Å². The maximum Gasteiger partial charge on any atom is 0.224 e. The van der Waals surface area contributed by atoms with Crippen molar-refractivity contribution in [1.29, 1.82) is 0 Å². The van der Waals surface area contributed by atoms with Crippen LogP contribution in [0.3, 0.4) is 0 Å². The lowest BCUT2D eigenvalue weighted by Crippen LogP contribution is -2.24. The van der Waals surface area contributed by atoms with E-state index in [1.54, 1.807) is 7.11 Å². The number of hydrogen-bond acceptors (Lipinski definition) is 2. The van der Waals surface area contributed by atoms with Crippen LogP contribution in [0.4, 0.5) is 0 Å². The Kier molecular flexibility index (Phi) is 5.18. The first kappa shape index (κ1) is 14.6. The van der Waals surface area contributed by atoms with Crippen LogP contribution < -0.4 is 10.1 Å². The minimum atomic E-state index is 0.0121. The summed E-state index contributed by atoms with van der Waals surface area (Å²) in [7, 11) is 1.62. The van der Waals surface area contributed by atoms with E-state index in [0.29, 0.717) is 13.0 Å². The van der Waals surface area contributed by atoms with Crippen LogP contribution in [0.2, 0.25) is 0 Å². The molecule has 1 N–H and O–H groups in total. The second kappa shape index (κ2) is 7.10. The lowest BCUT2D eigenvalue weighted by atomic mass is 10.1. The van der Waals surface area contributed by atoms with E-state index in [4.69, 9.17) is 4.74 Å². The number of carbonyl (C=O) groups is 1. The van der Waals surface area contributed by atoms with Crippen LogP contribution in [0.1, 0.15) is 11.1 Å². The van der Waals surface area contributed by atoms with Gasteiger partial charge in [0, 0.05) is 11.0 Å². The Morgan fingerprint density at radius 1 is 1.05 bits per heavy atom. The average molecular weight is 334 g/mol. The highest BCUT2D eigenvalue weighted by atomic mass is 79.9. The predicted octanol–water partition coefficient (Wildman–Crippen LogP) is 3.32. The van der Waals surface area contributed by atoms with Gasteiger partial charge >= 0.3 is 0 Å². The first-order valence-corrected chi connectivity index (χ1v) is 7.11. The van der Waals surface area contributed by atoms with Crippen molar-refractivity contribution in [3.05, 3.63) is 64.1 Å². The number of amides is 1. The minimum Gasteiger partial charge on any atom is -0.497 e. The monoisotopic (exact) mass is 333 g/mol. The average Bonchev–Trinajstić information content (AvgIpc) is 2.47. The molecule has 0 saturated heterocycles. The predicted molar refractivity (Wildman–Crippen MR) is 82.7 cm³/mol. The largest absolute Gasteiger partial charge is 0.497 e. The molecular weight excluding hydrogens is 318 g/mol. The molecule has 0 aliphatic carbocycles. The molecule has 0 saturated carbocycles. The van der Waals surface area contributed by atoms with Crippen LogP contribution in [0, 0.1) is 0 Å². The summed E-state index contributed by atoms with van der Waals surface area (Å²) in [4.78, 5) is 11.9. The van der Waals surface area contributed by atoms with E-state index in [-0.39, 0.29) is 5.91 Å². The van der Waals surface area contributed by atoms with E-state index in [9.17, 15) is 4.79 Å². The Morgan fingerprint density at radius 2 is 1.65 bits per heavy atom. The fourth-order valence-corrected chi connectivity index (χ4v) is 2.06. The number of benzene rings is 2. The van der Waals surface area contributed by atoms with Gasteiger partial charge in [0.2, 0.25) is 5.91 Å². The number of ether oxygens (including phenoxy) is 1. The SMILES string of the molecule is COc1ccc(CC(=O)NCc2ccc(Br)cc2)cc1. The lowest BCUT2D eigenvalue weighted by Gasteiger charge is -2.06. The molecule has 0 aliphatic heterocycles. The molecule has 0 aromatic heterocycles. The Morgan fingerprint density at radius 3 is 2.25 bits per heavy atom. The number of hydrogen-bond donors (Lipinski definition) is 1. The summed E-state index contributed by atoms with van der Waals surface area (Å²) in [6.45, 7) is 0.544. The standard InChI is InChI=1S/C16H16BrNO2/c1-20-15-8-4-12(5-9-15)10-16(19)18-11-13-2-6-14(17)7-3-13/h2-9H,10-11H2,1H3,(H,18,19). The van der Waals surface area contributed by atoms with E-state index in [1.165, 1.54) is 0 Å². The summed E-state index contributed by atoms with van der Waals surface area (Å²) in [6.07, 6.45) is 0.376. The molecule has 4 heteroatoms. The smallest absolute Gasteiger partial charge is 0.224 e. The minimum absolute atomic E-state index is 0.0121. The molecular formula is C16H16BrNO2. The molecule has 2 rings (SSSR count). The zero-order valence-corrected chi connectivity index (χ0v) is 12.8. The Labute approximate surface area is 127 Å². The van der Waals surface area contributed by atoms with Crippen molar-refractivity contribution < 1.29 is 9.53 Å². The molecule has 0 heterocycles. The second-order valence-corrected chi connectivity index (χ2v) is 5.34. The highest BCUT2D eigenvalue weighted by molar-refractivity contribution is 9.10. The Bertz CT molecular complexity index is 564. The lowest BCUT2D eigenvalue weighted by molar-refractivity contribution is -0.120. The summed E-state index contributed by atoms with van der Waals surface area (Å²) in [5.74, 6) is 0.808. The van der Waals surface area contributed by atoms with Crippen molar-refractivity contribution in [3.63, 3.8) is 0 Å². The summed E-state index contributed by atoms with van der Waals surface area (Å²) < 4.78 is 6.12. The Hall–Kier alpha value is -1.81. The molecule has 2 aromatic carbocycles. The van der Waals surface area contributed by atoms with Gasteiger partial charge in [-0.2, -0.15) is 0 Å². The summed E-state index contributed by atoms with van der Waals surface area (Å²) in [6, 6.07) is 15.4. The van der Waals surface area contributed by atoms with Crippen LogP contribution in [0.5, 0.6) is 5.75 Å². The van der Waals surface area contributed by atoms with Gasteiger partial charge in [-0.15, -0.1) is 0 Å². The van der Waals surface area contributed by atoms with Gasteiger partial charge in [0.1, 0.15) is 5.75 Å². The van der Waals surface area contributed by atoms with Crippen LogP contribution in [0.25, 0.3) is 0 Å². The normalized spacial score (nSPS) is 10.1. The molecule has 104 valence electrons. The number of halogens is 1. The zero-order chi connectivity index (χ0) is 14.4. The molecule has 0 spiro atoms. The van der Waals surface area contributed by atoms with Gasteiger partial charge in [0.05, 0.1) is 13.5 Å². The van der Waals surface area contributed by atoms with E-state index < -0.39 is 0 Å². The topological polar surface area (TPSA) is 38.3 Å². The van der Waals surface area contributed by atoms with Crippen molar-refractivity contribution >= 4 is 21.8 Å². The van der Waals surface area contributed by atoms with Crippen LogP contribution in [-0.2, 0) is 17.8 Å². The van der Waals surface area contributed by atoms with Crippen molar-refractivity contribution in [2.75, 3.05) is 7.11 Å². The molecule has 2 aromatic rings. The molecule has 0 fully saturated rings. The number of nitrogens with one attached hydrogen (secondary N) is 1. The van der Waals surface area contributed by atoms with Crippen LogP contribution >= 0.6 is 15.9 Å². The van der Waals surface area contributed by atoms with Crippen molar-refractivity contribution in [2.24, 2.45) is 0 Å². The molecule has 1 amide bonds. The van der Waals surface area contributed by atoms with E-state index in [1.807, 2.05) is 48.5 Å². The second-order valence-electron chi connectivity index (χ2n) is 4.43. The first-order valence-electron chi connectivity index (χ1n) is 6.31. The molecule has 0 unspecified atom stereocenters. The highest BCUT2D eigenvalue weighted by Crippen LogP contribution is 2.12. The third-order valence-corrected chi connectivity index (χ3v) is 3.46. The van der Waals surface area contributed by atoms with Gasteiger partial charge in [-0.05, 0) is 35.4 Å². The highest BCUT2D eigenvalue weighted by Gasteiger charge is 2.03. The molecule has 0 aliphatic rings. The van der Waals surface area contributed by atoms with Crippen molar-refractivity contribution in [2.45, 2.75) is 13.0 Å². The van der Waals surface area contributed by atoms with Crippen molar-refractivity contribution in [3.8, 4) is 5.75 Å². The molecule has 3 nitrogen and oxygen atoms in total. The molecule has 0 atom stereocenters. The van der Waals surface area contributed by atoms with Crippen molar-refractivity contribution in [1.82, 2.24) is 5.32 Å². The summed E-state index contributed by atoms with van der Waals surface area (Å²) >= 11 is 3.38. The maximum absolute atomic E-state index is 11.9. The van der Waals surface area contributed by atoms with Crippen LogP contribution in [-0.4, -0.2) is 13.0 Å². The third-order valence-electron chi connectivity index (χ3n) is 2.93. The molecule has 0 radical (unpaired) electrons. The molecule has 20 heavy (non-hydrogen) atoms. The molecule has 0 bridgehead atoms. The van der Waals surface area contributed by atoms with Gasteiger partial charge in [-0.1, -0.05) is 40.2 Å². The van der Waals surface area contributed by atoms with Gasteiger partial charge in [-0.3, -0.25) is 4.79 Å². The van der Waals surface area contributed by atoms with E-state index in [2.05, 4.69) is 21.2 Å². The Balaban J connectivity index is 1.84. The van der Waals surface area contributed by atoms with E-state index in [0.717, 1.165) is 21.3 Å². The summed E-state index contributed by atoms with van der Waals surface area (Å²) in [5, 5.41) is 2.91. The van der Waals surface area contributed by atoms with Gasteiger partial charge in [0.15, 0.2) is 0 Å². The van der Waals surface area contributed by atoms with Gasteiger partial charge < -0.3 is 10.1 Å². The van der Waals surface area contributed by atoms with E-state index >= 15 is 0 Å². The third kappa shape index (κ3) is 4.38. The summed E-state index contributed by atoms with van der Waals surface area (Å²) in [5.41, 5.74) is 2.05. The maximum atomic E-state index is 11.9. The number of methoxy groups -OCH3 is 1. The first-order chi connectivity index (χ1) is 9.67. The zero-order valence-electron chi connectivity index (χ0n) is 11.2.